The van der Waals surface area contributed by atoms with Gasteiger partial charge in [0.15, 0.2) is 0 Å². The van der Waals surface area contributed by atoms with Gasteiger partial charge in [0.25, 0.3) is 0 Å². The van der Waals surface area contributed by atoms with Crippen LogP contribution >= 0.6 is 0 Å². The first kappa shape index (κ1) is 11.3. The van der Waals surface area contributed by atoms with Gasteiger partial charge in [0.05, 0.1) is 16.9 Å². The maximum Gasteiger partial charge on any atom is 0.116 e. The van der Waals surface area contributed by atoms with Gasteiger partial charge in [-0.15, -0.1) is 0 Å². The number of aryl methyl sites for hydroxylation is 1. The van der Waals surface area contributed by atoms with Crippen LogP contribution in [0.15, 0.2) is 53.9 Å². The Morgan fingerprint density at radius 1 is 1.05 bits per heavy atom. The van der Waals surface area contributed by atoms with Crippen LogP contribution in [0.25, 0.3) is 10.9 Å². The summed E-state index contributed by atoms with van der Waals surface area (Å²) in [4.78, 5) is 13.1. The lowest BCUT2D eigenvalue weighted by atomic mass is 10.0. The molecule has 0 amide bonds. The highest BCUT2D eigenvalue weighted by Crippen LogP contribution is 2.30. The Morgan fingerprint density at radius 2 is 2.00 bits per heavy atom. The number of benzene rings is 2. The molecular formula is C17H13N3. The quantitative estimate of drug-likeness (QED) is 0.669. The van der Waals surface area contributed by atoms with E-state index in [9.17, 15) is 0 Å². The van der Waals surface area contributed by atoms with Crippen molar-refractivity contribution in [3.05, 3.63) is 65.6 Å². The molecule has 1 aliphatic heterocycles. The lowest BCUT2D eigenvalue weighted by Gasteiger charge is -2.02. The lowest BCUT2D eigenvalue weighted by molar-refractivity contribution is 1.22. The van der Waals surface area contributed by atoms with E-state index in [1.54, 1.807) is 6.33 Å². The third-order valence-corrected chi connectivity index (χ3v) is 3.69. The highest BCUT2D eigenvalue weighted by atomic mass is 14.8. The largest absolute Gasteiger partial charge is 0.252 e. The molecule has 0 saturated carbocycles. The Hall–Kier alpha value is -2.55. The minimum absolute atomic E-state index is 0.895. The molecule has 3 nitrogen and oxygen atoms in total. The first-order chi connectivity index (χ1) is 9.79. The van der Waals surface area contributed by atoms with E-state index in [1.165, 1.54) is 11.1 Å². The van der Waals surface area contributed by atoms with Crippen LogP contribution < -0.4 is 0 Å². The summed E-state index contributed by atoms with van der Waals surface area (Å²) in [7, 11) is 0. The molecule has 1 aliphatic rings. The molecule has 96 valence electrons. The maximum absolute atomic E-state index is 4.76. The summed E-state index contributed by atoms with van der Waals surface area (Å²) in [6, 6.07) is 12.7. The summed E-state index contributed by atoms with van der Waals surface area (Å²) in [5.41, 5.74) is 6.87. The van der Waals surface area contributed by atoms with Crippen molar-refractivity contribution in [2.75, 3.05) is 0 Å². The Labute approximate surface area is 117 Å². The second kappa shape index (κ2) is 4.23. The summed E-state index contributed by atoms with van der Waals surface area (Å²) in [6.07, 6.45) is 4.31. The van der Waals surface area contributed by atoms with Crippen LogP contribution in [-0.4, -0.2) is 15.7 Å². The molecule has 0 N–H and O–H groups in total. The Morgan fingerprint density at radius 3 is 2.95 bits per heavy atom. The van der Waals surface area contributed by atoms with E-state index >= 15 is 0 Å². The van der Waals surface area contributed by atoms with Gasteiger partial charge in [0.2, 0.25) is 0 Å². The third-order valence-electron chi connectivity index (χ3n) is 3.69. The van der Waals surface area contributed by atoms with E-state index in [0.717, 1.165) is 34.3 Å². The van der Waals surface area contributed by atoms with Crippen LogP contribution in [0.3, 0.4) is 0 Å². The number of rotatable bonds is 1. The molecule has 1 aromatic heterocycles. The summed E-state index contributed by atoms with van der Waals surface area (Å²) in [5, 5.41) is 1.06. The third kappa shape index (κ3) is 1.79. The van der Waals surface area contributed by atoms with Gasteiger partial charge in [0, 0.05) is 18.0 Å². The van der Waals surface area contributed by atoms with Crippen LogP contribution in [0.4, 0.5) is 5.69 Å². The van der Waals surface area contributed by atoms with Gasteiger partial charge >= 0.3 is 0 Å². The SMILES string of the molecule is Cc1ccc2c(c1)N=C(c1ccc3cncnc3c1)C2. The fourth-order valence-corrected chi connectivity index (χ4v) is 2.61. The molecule has 3 heteroatoms. The molecule has 0 unspecified atom stereocenters. The van der Waals surface area contributed by atoms with Gasteiger partial charge in [-0.25, -0.2) is 9.97 Å². The summed E-state index contributed by atoms with van der Waals surface area (Å²) >= 11 is 0. The molecule has 20 heavy (non-hydrogen) atoms. The van der Waals surface area contributed by atoms with Gasteiger partial charge in [-0.05, 0) is 35.7 Å². The van der Waals surface area contributed by atoms with E-state index in [2.05, 4.69) is 53.3 Å². The summed E-state index contributed by atoms with van der Waals surface area (Å²) < 4.78 is 0. The predicted octanol–water partition coefficient (Wildman–Crippen LogP) is 3.62. The molecule has 0 spiro atoms. The maximum atomic E-state index is 4.76. The van der Waals surface area contributed by atoms with Gasteiger partial charge < -0.3 is 0 Å². The smallest absolute Gasteiger partial charge is 0.116 e. The van der Waals surface area contributed by atoms with Crippen LogP contribution in [0.5, 0.6) is 0 Å². The average molecular weight is 259 g/mol. The monoisotopic (exact) mass is 259 g/mol. The van der Waals surface area contributed by atoms with Gasteiger partial charge in [-0.2, -0.15) is 0 Å². The zero-order chi connectivity index (χ0) is 13.5. The van der Waals surface area contributed by atoms with Gasteiger partial charge in [-0.1, -0.05) is 24.3 Å². The van der Waals surface area contributed by atoms with Crippen molar-refractivity contribution < 1.29 is 0 Å². The van der Waals surface area contributed by atoms with Crippen LogP contribution in [0.2, 0.25) is 0 Å². The summed E-state index contributed by atoms with van der Waals surface area (Å²) in [6.45, 7) is 2.10. The van der Waals surface area contributed by atoms with Crippen molar-refractivity contribution >= 4 is 22.3 Å². The first-order valence-corrected chi connectivity index (χ1v) is 6.67. The summed E-state index contributed by atoms with van der Waals surface area (Å²) in [5.74, 6) is 0. The number of aliphatic imine (C=N–C) groups is 1. The second-order valence-electron chi connectivity index (χ2n) is 5.16. The average Bonchev–Trinajstić information content (AvgIpc) is 2.89. The van der Waals surface area contributed by atoms with Crippen molar-refractivity contribution in [3.8, 4) is 0 Å². The molecule has 0 fully saturated rings. The molecule has 0 radical (unpaired) electrons. The van der Waals surface area contributed by atoms with Crippen molar-refractivity contribution in [1.82, 2.24) is 9.97 Å². The fourth-order valence-electron chi connectivity index (χ4n) is 2.61. The topological polar surface area (TPSA) is 38.1 Å². The normalized spacial score (nSPS) is 13.3. The van der Waals surface area contributed by atoms with Crippen molar-refractivity contribution in [1.29, 1.82) is 0 Å². The zero-order valence-electron chi connectivity index (χ0n) is 11.2. The highest BCUT2D eigenvalue weighted by Gasteiger charge is 2.16. The van der Waals surface area contributed by atoms with Crippen LogP contribution in [-0.2, 0) is 6.42 Å². The van der Waals surface area contributed by atoms with E-state index in [1.807, 2.05) is 6.20 Å². The predicted molar refractivity (Wildman–Crippen MR) is 80.6 cm³/mol. The Kier molecular flexibility index (Phi) is 2.39. The molecule has 2 aromatic carbocycles. The zero-order valence-corrected chi connectivity index (χ0v) is 11.2. The molecule has 2 heterocycles. The van der Waals surface area contributed by atoms with Crippen molar-refractivity contribution in [2.45, 2.75) is 13.3 Å². The number of fused-ring (bicyclic) bond motifs is 2. The number of aromatic nitrogens is 2. The number of hydrogen-bond acceptors (Lipinski definition) is 3. The molecular weight excluding hydrogens is 246 g/mol. The van der Waals surface area contributed by atoms with E-state index in [-0.39, 0.29) is 0 Å². The highest BCUT2D eigenvalue weighted by molar-refractivity contribution is 6.08. The van der Waals surface area contributed by atoms with Crippen molar-refractivity contribution in [2.24, 2.45) is 4.99 Å². The lowest BCUT2D eigenvalue weighted by Crippen LogP contribution is -2.00. The van der Waals surface area contributed by atoms with Gasteiger partial charge in [0.1, 0.15) is 6.33 Å². The van der Waals surface area contributed by atoms with E-state index in [0.29, 0.717) is 0 Å². The van der Waals surface area contributed by atoms with Crippen molar-refractivity contribution in [3.63, 3.8) is 0 Å². The fraction of sp³-hybridized carbons (Fsp3) is 0.118. The Bertz CT molecular complexity index is 850. The minimum atomic E-state index is 0.895. The van der Waals surface area contributed by atoms with Crippen LogP contribution in [0, 0.1) is 6.92 Å². The minimum Gasteiger partial charge on any atom is -0.252 e. The molecule has 0 saturated heterocycles. The molecule has 0 aliphatic carbocycles. The molecule has 3 aromatic rings. The second-order valence-corrected chi connectivity index (χ2v) is 5.16. The van der Waals surface area contributed by atoms with E-state index < -0.39 is 0 Å². The number of nitrogens with zero attached hydrogens (tertiary/aromatic N) is 3. The van der Waals surface area contributed by atoms with Gasteiger partial charge in [-0.3, -0.25) is 4.99 Å². The van der Waals surface area contributed by atoms with E-state index in [4.69, 9.17) is 4.99 Å². The Balaban J connectivity index is 1.79. The molecule has 0 bridgehead atoms. The number of hydrogen-bond donors (Lipinski definition) is 0. The molecule has 0 atom stereocenters. The molecule has 4 rings (SSSR count). The standard InChI is InChI=1S/C17H13N3/c1-11-2-3-12-8-17(20-16(12)6-11)13-4-5-14-9-18-10-19-15(14)7-13/h2-7,9-10H,8H2,1H3. The first-order valence-electron chi connectivity index (χ1n) is 6.67. The van der Waals surface area contributed by atoms with Crippen LogP contribution in [0.1, 0.15) is 16.7 Å².